The number of rotatable bonds is 2. The van der Waals surface area contributed by atoms with Crippen molar-refractivity contribution in [3.63, 3.8) is 0 Å². The smallest absolute Gasteiger partial charge is 0.232 e. The van der Waals surface area contributed by atoms with Crippen LogP contribution < -0.4 is 9.47 Å². The van der Waals surface area contributed by atoms with Gasteiger partial charge in [-0.2, -0.15) is 0 Å². The second-order valence-corrected chi connectivity index (χ2v) is 10.5. The molecule has 2 aromatic rings. The maximum absolute atomic E-state index is 13.3. The number of carbonyl (C=O) groups excluding carboxylic acids is 1. The van der Waals surface area contributed by atoms with Gasteiger partial charge in [-0.25, -0.2) is 0 Å². The molecule has 5 rings (SSSR count). The molecule has 1 aliphatic carbocycles. The molecule has 2 heterocycles. The predicted molar refractivity (Wildman–Crippen MR) is 127 cm³/mol. The van der Waals surface area contributed by atoms with Gasteiger partial charge in [-0.3, -0.25) is 9.69 Å². The van der Waals surface area contributed by atoms with Crippen LogP contribution in [0, 0.1) is 6.92 Å². The van der Waals surface area contributed by atoms with E-state index in [1.807, 2.05) is 19.1 Å². The number of carbonyl (C=O) groups is 1. The van der Waals surface area contributed by atoms with Gasteiger partial charge in [0.2, 0.25) is 5.78 Å². The lowest BCUT2D eigenvalue weighted by Gasteiger charge is -2.37. The first-order valence-corrected chi connectivity index (χ1v) is 11.9. The van der Waals surface area contributed by atoms with Crippen molar-refractivity contribution in [1.82, 2.24) is 4.90 Å². The van der Waals surface area contributed by atoms with E-state index in [-0.39, 0.29) is 11.2 Å². The zero-order chi connectivity index (χ0) is 22.5. The van der Waals surface area contributed by atoms with Gasteiger partial charge in [0.15, 0.2) is 5.76 Å². The summed E-state index contributed by atoms with van der Waals surface area (Å²) in [6, 6.07) is 10.9. The van der Waals surface area contributed by atoms with E-state index in [1.54, 1.807) is 0 Å². The number of hydrogen-bond acceptors (Lipinski definition) is 4. The highest BCUT2D eigenvalue weighted by Gasteiger charge is 2.36. The van der Waals surface area contributed by atoms with E-state index in [1.165, 1.54) is 37.7 Å². The van der Waals surface area contributed by atoms with Crippen LogP contribution >= 0.6 is 0 Å². The maximum atomic E-state index is 13.3. The van der Waals surface area contributed by atoms with Crippen LogP contribution in [0.2, 0.25) is 0 Å². The van der Waals surface area contributed by atoms with Gasteiger partial charge in [0.05, 0.1) is 11.1 Å². The molecule has 168 valence electrons. The first-order valence-electron chi connectivity index (χ1n) is 11.9. The van der Waals surface area contributed by atoms with Crippen molar-refractivity contribution < 1.29 is 14.3 Å². The molecular weight excluding hydrogens is 398 g/mol. The third kappa shape index (κ3) is 3.86. The van der Waals surface area contributed by atoms with Crippen molar-refractivity contribution in [2.24, 2.45) is 0 Å². The molecule has 0 aromatic heterocycles. The quantitative estimate of drug-likeness (QED) is 0.516. The van der Waals surface area contributed by atoms with E-state index >= 15 is 0 Å². The molecule has 0 bridgehead atoms. The average Bonchev–Trinajstić information content (AvgIpc) is 3.11. The Hall–Kier alpha value is -2.59. The molecule has 0 amide bonds. The zero-order valence-corrected chi connectivity index (χ0v) is 19.7. The molecule has 3 aliphatic rings. The minimum atomic E-state index is -0.0324. The number of ketones is 1. The second kappa shape index (κ2) is 8.08. The van der Waals surface area contributed by atoms with Crippen LogP contribution in [-0.2, 0) is 12.0 Å². The summed E-state index contributed by atoms with van der Waals surface area (Å²) in [4.78, 5) is 15.7. The molecule has 1 fully saturated rings. The van der Waals surface area contributed by atoms with E-state index in [9.17, 15) is 4.79 Å². The lowest BCUT2D eigenvalue weighted by atomic mass is 9.86. The Labute approximate surface area is 191 Å². The van der Waals surface area contributed by atoms with Crippen molar-refractivity contribution in [3.05, 3.63) is 63.9 Å². The summed E-state index contributed by atoms with van der Waals surface area (Å²) in [5, 5.41) is 0. The maximum Gasteiger partial charge on any atom is 0.232 e. The summed E-state index contributed by atoms with van der Waals surface area (Å²) in [5.41, 5.74) is 4.97. The number of Topliss-reactive ketones (excluding diaryl/α,β-unsaturated/α-hetero) is 1. The van der Waals surface area contributed by atoms with Gasteiger partial charge in [0.25, 0.3) is 0 Å². The van der Waals surface area contributed by atoms with Crippen LogP contribution in [-0.4, -0.2) is 23.5 Å². The van der Waals surface area contributed by atoms with Crippen LogP contribution in [0.5, 0.6) is 11.5 Å². The van der Waals surface area contributed by atoms with Crippen molar-refractivity contribution >= 4 is 11.9 Å². The van der Waals surface area contributed by atoms with Gasteiger partial charge in [-0.1, -0.05) is 64.3 Å². The van der Waals surface area contributed by atoms with Gasteiger partial charge in [0, 0.05) is 12.6 Å². The Morgan fingerprint density at radius 1 is 1.06 bits per heavy atom. The summed E-state index contributed by atoms with van der Waals surface area (Å²) in [5.74, 6) is 1.92. The van der Waals surface area contributed by atoms with Crippen molar-refractivity contribution in [1.29, 1.82) is 0 Å². The van der Waals surface area contributed by atoms with Crippen molar-refractivity contribution in [2.75, 3.05) is 6.73 Å². The lowest BCUT2D eigenvalue weighted by molar-refractivity contribution is 0.0393. The fourth-order valence-corrected chi connectivity index (χ4v) is 5.16. The molecule has 0 spiro atoms. The molecular formula is C28H33NO3. The highest BCUT2D eigenvalue weighted by Crippen LogP contribution is 2.44. The molecule has 2 aliphatic heterocycles. The molecule has 4 nitrogen and oxygen atoms in total. The Balaban J connectivity index is 1.44. The molecule has 4 heteroatoms. The van der Waals surface area contributed by atoms with Crippen molar-refractivity contribution in [2.45, 2.75) is 77.8 Å². The molecule has 2 aromatic carbocycles. The van der Waals surface area contributed by atoms with Crippen LogP contribution in [0.25, 0.3) is 6.08 Å². The average molecular weight is 432 g/mol. The van der Waals surface area contributed by atoms with E-state index in [2.05, 4.69) is 49.9 Å². The Morgan fingerprint density at radius 3 is 2.47 bits per heavy atom. The summed E-state index contributed by atoms with van der Waals surface area (Å²) >= 11 is 0. The monoisotopic (exact) mass is 431 g/mol. The number of allylic oxidation sites excluding steroid dienone is 1. The SMILES string of the molecule is Cc1cc2c(c3c1C(=O)/C(=C/c1ccc(C(C)(C)C)cc1)O3)CN(C1CCCCC1)CO2. The van der Waals surface area contributed by atoms with Crippen LogP contribution in [0.4, 0.5) is 0 Å². The van der Waals surface area contributed by atoms with Gasteiger partial charge >= 0.3 is 0 Å². The molecule has 0 radical (unpaired) electrons. The zero-order valence-electron chi connectivity index (χ0n) is 19.7. The first kappa shape index (κ1) is 21.3. The number of fused-ring (bicyclic) bond motifs is 3. The Bertz CT molecular complexity index is 1070. The van der Waals surface area contributed by atoms with Crippen LogP contribution in [0.1, 0.15) is 85.5 Å². The van der Waals surface area contributed by atoms with Crippen LogP contribution in [0.3, 0.4) is 0 Å². The van der Waals surface area contributed by atoms with E-state index in [0.717, 1.165) is 29.0 Å². The molecule has 0 N–H and O–H groups in total. The number of aryl methyl sites for hydroxylation is 1. The predicted octanol–water partition coefficient (Wildman–Crippen LogP) is 6.39. The van der Waals surface area contributed by atoms with Crippen molar-refractivity contribution in [3.8, 4) is 11.5 Å². The third-order valence-corrected chi connectivity index (χ3v) is 7.12. The number of nitrogens with zero attached hydrogens (tertiary/aromatic N) is 1. The summed E-state index contributed by atoms with van der Waals surface area (Å²) in [6.45, 7) is 9.97. The summed E-state index contributed by atoms with van der Waals surface area (Å²) in [7, 11) is 0. The highest BCUT2D eigenvalue weighted by molar-refractivity contribution is 6.15. The first-order chi connectivity index (χ1) is 15.3. The Kier molecular flexibility index (Phi) is 5.37. The lowest BCUT2D eigenvalue weighted by Crippen LogP contribution is -2.41. The fourth-order valence-electron chi connectivity index (χ4n) is 5.16. The largest absolute Gasteiger partial charge is 0.478 e. The van der Waals surface area contributed by atoms with Gasteiger partial charge in [0.1, 0.15) is 18.2 Å². The second-order valence-electron chi connectivity index (χ2n) is 10.5. The van der Waals surface area contributed by atoms with E-state index < -0.39 is 0 Å². The molecule has 32 heavy (non-hydrogen) atoms. The van der Waals surface area contributed by atoms with E-state index in [4.69, 9.17) is 9.47 Å². The molecule has 0 saturated heterocycles. The summed E-state index contributed by atoms with van der Waals surface area (Å²) in [6.07, 6.45) is 8.22. The Morgan fingerprint density at radius 2 is 1.78 bits per heavy atom. The molecule has 1 saturated carbocycles. The third-order valence-electron chi connectivity index (χ3n) is 7.12. The minimum Gasteiger partial charge on any atom is -0.478 e. The van der Waals surface area contributed by atoms with Gasteiger partial charge < -0.3 is 9.47 Å². The number of benzene rings is 2. The normalized spacial score (nSPS) is 20.6. The van der Waals surface area contributed by atoms with Gasteiger partial charge in [-0.05, 0) is 54.0 Å². The minimum absolute atomic E-state index is 0.0324. The number of hydrogen-bond donors (Lipinski definition) is 0. The van der Waals surface area contributed by atoms with Gasteiger partial charge in [-0.15, -0.1) is 0 Å². The summed E-state index contributed by atoms with van der Waals surface area (Å²) < 4.78 is 12.4. The van der Waals surface area contributed by atoms with Crippen LogP contribution in [0.15, 0.2) is 36.1 Å². The standard InChI is InChI=1S/C28H33NO3/c1-18-14-23-22(16-29(17-31-23)21-8-6-5-7-9-21)27-25(18)26(30)24(32-27)15-19-10-12-20(13-11-19)28(2,3)4/h10-15,21H,5-9,16-17H2,1-4H3/b24-15-. The highest BCUT2D eigenvalue weighted by atomic mass is 16.5. The van der Waals surface area contributed by atoms with E-state index in [0.29, 0.717) is 29.8 Å². The molecule has 0 unspecified atom stereocenters. The fraction of sp³-hybridized carbons (Fsp3) is 0.464. The number of ether oxygens (including phenoxy) is 2. The molecule has 0 atom stereocenters. The topological polar surface area (TPSA) is 38.8 Å².